The molecule has 4 nitrogen and oxygen atoms in total. The molecule has 0 bridgehead atoms. The predicted molar refractivity (Wildman–Crippen MR) is 48.9 cm³/mol. The van der Waals surface area contributed by atoms with Crippen LogP contribution in [0.4, 0.5) is 0 Å². The standard InChI is InChI=1S/C10H9NO3/c1-11-9(13)5-7-6(10(11)14)3-2-4-8(7)12/h2-4,12H,5H2,1H3. The van der Waals surface area contributed by atoms with Crippen molar-refractivity contribution in [2.75, 3.05) is 7.05 Å². The van der Waals surface area contributed by atoms with Crippen molar-refractivity contribution in [1.82, 2.24) is 4.90 Å². The maximum absolute atomic E-state index is 11.6. The van der Waals surface area contributed by atoms with Gasteiger partial charge in [0.2, 0.25) is 5.91 Å². The fourth-order valence-corrected chi connectivity index (χ4v) is 1.52. The molecule has 0 aromatic heterocycles. The normalized spacial score (nSPS) is 15.6. The molecule has 4 heteroatoms. The van der Waals surface area contributed by atoms with Crippen LogP contribution < -0.4 is 0 Å². The van der Waals surface area contributed by atoms with Crippen LogP contribution >= 0.6 is 0 Å². The van der Waals surface area contributed by atoms with Crippen LogP contribution in [-0.4, -0.2) is 28.9 Å². The summed E-state index contributed by atoms with van der Waals surface area (Å²) < 4.78 is 0. The average Bonchev–Trinajstić information content (AvgIpc) is 2.17. The van der Waals surface area contributed by atoms with Crippen LogP contribution in [-0.2, 0) is 11.2 Å². The van der Waals surface area contributed by atoms with Gasteiger partial charge >= 0.3 is 0 Å². The Bertz CT molecular complexity index is 425. The molecule has 0 fully saturated rings. The number of amides is 2. The van der Waals surface area contributed by atoms with Crippen molar-refractivity contribution in [3.63, 3.8) is 0 Å². The Kier molecular flexibility index (Phi) is 1.77. The Morgan fingerprint density at radius 3 is 2.79 bits per heavy atom. The molecule has 1 aliphatic heterocycles. The quantitative estimate of drug-likeness (QED) is 0.609. The van der Waals surface area contributed by atoms with Crippen molar-refractivity contribution in [3.8, 4) is 5.75 Å². The lowest BCUT2D eigenvalue weighted by molar-refractivity contribution is -0.127. The number of hydrogen-bond donors (Lipinski definition) is 1. The monoisotopic (exact) mass is 191 g/mol. The summed E-state index contributed by atoms with van der Waals surface area (Å²) in [5.74, 6) is -0.631. The van der Waals surface area contributed by atoms with Crippen LogP contribution in [0.2, 0.25) is 0 Å². The highest BCUT2D eigenvalue weighted by Gasteiger charge is 2.29. The summed E-state index contributed by atoms with van der Waals surface area (Å²) in [5.41, 5.74) is 0.840. The number of phenols is 1. The van der Waals surface area contributed by atoms with Gasteiger partial charge in [-0.1, -0.05) is 6.07 Å². The zero-order valence-corrected chi connectivity index (χ0v) is 7.65. The maximum atomic E-state index is 11.6. The van der Waals surface area contributed by atoms with E-state index in [-0.39, 0.29) is 24.0 Å². The Hall–Kier alpha value is -1.84. The SMILES string of the molecule is CN1C(=O)Cc2c(O)cccc2C1=O. The number of rotatable bonds is 0. The molecule has 72 valence electrons. The first-order chi connectivity index (χ1) is 6.61. The maximum Gasteiger partial charge on any atom is 0.260 e. The molecule has 2 amide bonds. The van der Waals surface area contributed by atoms with Gasteiger partial charge in [0.15, 0.2) is 0 Å². The Labute approximate surface area is 80.8 Å². The molecule has 0 saturated heterocycles. The minimum absolute atomic E-state index is 0.0114. The van der Waals surface area contributed by atoms with Gasteiger partial charge in [0, 0.05) is 18.2 Å². The van der Waals surface area contributed by atoms with Gasteiger partial charge in [0.1, 0.15) is 5.75 Å². The van der Waals surface area contributed by atoms with Gasteiger partial charge in [-0.2, -0.15) is 0 Å². The van der Waals surface area contributed by atoms with E-state index in [4.69, 9.17) is 0 Å². The number of carbonyl (C=O) groups excluding carboxylic acids is 2. The fourth-order valence-electron chi connectivity index (χ4n) is 1.52. The van der Waals surface area contributed by atoms with Crippen LogP contribution in [0.3, 0.4) is 0 Å². The second-order valence-corrected chi connectivity index (χ2v) is 3.24. The van der Waals surface area contributed by atoms with Gasteiger partial charge in [0.05, 0.1) is 6.42 Å². The summed E-state index contributed by atoms with van der Waals surface area (Å²) in [6.45, 7) is 0. The second-order valence-electron chi connectivity index (χ2n) is 3.24. The van der Waals surface area contributed by atoms with E-state index in [1.165, 1.54) is 13.1 Å². The van der Waals surface area contributed by atoms with E-state index in [1.807, 2.05) is 0 Å². The van der Waals surface area contributed by atoms with Crippen molar-refractivity contribution in [3.05, 3.63) is 29.3 Å². The van der Waals surface area contributed by atoms with Crippen molar-refractivity contribution in [2.45, 2.75) is 6.42 Å². The first-order valence-electron chi connectivity index (χ1n) is 4.23. The number of carbonyl (C=O) groups is 2. The van der Waals surface area contributed by atoms with Crippen molar-refractivity contribution in [2.24, 2.45) is 0 Å². The third kappa shape index (κ3) is 1.08. The fraction of sp³-hybridized carbons (Fsp3) is 0.200. The van der Waals surface area contributed by atoms with Crippen LogP contribution in [0.15, 0.2) is 18.2 Å². The van der Waals surface area contributed by atoms with Crippen LogP contribution in [0.5, 0.6) is 5.75 Å². The number of nitrogens with zero attached hydrogens (tertiary/aromatic N) is 1. The van der Waals surface area contributed by atoms with Crippen LogP contribution in [0, 0.1) is 0 Å². The van der Waals surface area contributed by atoms with E-state index in [2.05, 4.69) is 0 Å². The minimum atomic E-state index is -0.354. The van der Waals surface area contributed by atoms with Crippen molar-refractivity contribution < 1.29 is 14.7 Å². The van der Waals surface area contributed by atoms with E-state index >= 15 is 0 Å². The van der Waals surface area contributed by atoms with E-state index in [9.17, 15) is 14.7 Å². The molecule has 0 spiro atoms. The second kappa shape index (κ2) is 2.83. The molecule has 1 N–H and O–H groups in total. The topological polar surface area (TPSA) is 57.6 Å². The summed E-state index contributed by atoms with van der Waals surface area (Å²) in [4.78, 5) is 24.0. The Morgan fingerprint density at radius 1 is 1.36 bits per heavy atom. The minimum Gasteiger partial charge on any atom is -0.508 e. The number of hydrogen-bond acceptors (Lipinski definition) is 3. The lowest BCUT2D eigenvalue weighted by Gasteiger charge is -2.23. The average molecular weight is 191 g/mol. The number of benzene rings is 1. The molecular weight excluding hydrogens is 182 g/mol. The summed E-state index contributed by atoms with van der Waals surface area (Å²) in [6, 6.07) is 4.68. The predicted octanol–water partition coefficient (Wildman–Crippen LogP) is 0.547. The number of aromatic hydroxyl groups is 1. The summed E-state index contributed by atoms with van der Waals surface area (Å²) in [7, 11) is 1.44. The van der Waals surface area contributed by atoms with Gasteiger partial charge in [-0.05, 0) is 12.1 Å². The van der Waals surface area contributed by atoms with E-state index in [0.29, 0.717) is 11.1 Å². The van der Waals surface area contributed by atoms with E-state index in [0.717, 1.165) is 4.90 Å². The lowest BCUT2D eigenvalue weighted by atomic mass is 9.98. The van der Waals surface area contributed by atoms with Crippen molar-refractivity contribution >= 4 is 11.8 Å². The number of likely N-dealkylation sites (N-methyl/N-ethyl adjacent to an activating group) is 1. The highest BCUT2D eigenvalue weighted by molar-refractivity contribution is 6.09. The van der Waals surface area contributed by atoms with E-state index < -0.39 is 0 Å². The van der Waals surface area contributed by atoms with E-state index in [1.54, 1.807) is 12.1 Å². The molecule has 0 radical (unpaired) electrons. The van der Waals surface area contributed by atoms with Gasteiger partial charge in [0.25, 0.3) is 5.91 Å². The third-order valence-corrected chi connectivity index (χ3v) is 2.39. The molecule has 1 heterocycles. The molecule has 1 aromatic rings. The summed E-state index contributed by atoms with van der Waals surface area (Å²) >= 11 is 0. The van der Waals surface area contributed by atoms with Gasteiger partial charge < -0.3 is 5.11 Å². The molecular formula is C10H9NO3. The number of phenolic OH excluding ortho intramolecular Hbond substituents is 1. The first-order valence-corrected chi connectivity index (χ1v) is 4.23. The first kappa shape index (κ1) is 8.74. The third-order valence-electron chi connectivity index (χ3n) is 2.39. The molecule has 1 aliphatic rings. The zero-order chi connectivity index (χ0) is 10.3. The highest BCUT2D eigenvalue weighted by Crippen LogP contribution is 2.26. The lowest BCUT2D eigenvalue weighted by Crippen LogP contribution is -2.39. The van der Waals surface area contributed by atoms with Gasteiger partial charge in [-0.3, -0.25) is 14.5 Å². The molecule has 14 heavy (non-hydrogen) atoms. The molecule has 2 rings (SSSR count). The summed E-state index contributed by atoms with van der Waals surface area (Å²) in [6.07, 6.45) is 0.0875. The number of fused-ring (bicyclic) bond motifs is 1. The zero-order valence-electron chi connectivity index (χ0n) is 7.65. The van der Waals surface area contributed by atoms with Crippen molar-refractivity contribution in [1.29, 1.82) is 0 Å². The largest absolute Gasteiger partial charge is 0.508 e. The highest BCUT2D eigenvalue weighted by atomic mass is 16.3. The molecule has 0 unspecified atom stereocenters. The van der Waals surface area contributed by atoms with Crippen LogP contribution in [0.25, 0.3) is 0 Å². The number of imide groups is 1. The smallest absolute Gasteiger partial charge is 0.260 e. The van der Waals surface area contributed by atoms with Crippen LogP contribution in [0.1, 0.15) is 15.9 Å². The van der Waals surface area contributed by atoms with Gasteiger partial charge in [-0.25, -0.2) is 0 Å². The summed E-state index contributed by atoms with van der Waals surface area (Å²) in [5, 5.41) is 9.46. The van der Waals surface area contributed by atoms with Gasteiger partial charge in [-0.15, -0.1) is 0 Å². The molecule has 0 aliphatic carbocycles. The molecule has 0 saturated carbocycles. The Balaban J connectivity index is 2.62. The molecule has 0 atom stereocenters. The Morgan fingerprint density at radius 2 is 2.07 bits per heavy atom. The molecule has 1 aromatic carbocycles.